The number of benzene rings is 2. The van der Waals surface area contributed by atoms with Gasteiger partial charge in [0.2, 0.25) is 0 Å². The smallest absolute Gasteiger partial charge is 0.338 e. The second-order valence-corrected chi connectivity index (χ2v) is 6.11. The number of amides is 1. The number of nitrogens with zero attached hydrogens (tertiary/aromatic N) is 1. The SMILES string of the molecule is C[C@@H](OC(=O)c1ccc(-c2ccc(O)cc2)cc1)C(=O)N1CCOCC1. The summed E-state index contributed by atoms with van der Waals surface area (Å²) in [7, 11) is 0. The molecule has 6 heteroatoms. The van der Waals surface area contributed by atoms with Gasteiger partial charge in [-0.05, 0) is 42.3 Å². The summed E-state index contributed by atoms with van der Waals surface area (Å²) in [4.78, 5) is 26.2. The summed E-state index contributed by atoms with van der Waals surface area (Å²) in [5, 5.41) is 9.34. The highest BCUT2D eigenvalue weighted by Gasteiger charge is 2.25. The van der Waals surface area contributed by atoms with Crippen molar-refractivity contribution in [3.8, 4) is 16.9 Å². The number of carbonyl (C=O) groups excluding carboxylic acids is 2. The average molecular weight is 355 g/mol. The Morgan fingerprint density at radius 3 is 2.12 bits per heavy atom. The van der Waals surface area contributed by atoms with Crippen molar-refractivity contribution in [1.29, 1.82) is 0 Å². The standard InChI is InChI=1S/C20H21NO5/c1-14(19(23)21-10-12-25-13-11-21)26-20(24)17-4-2-15(3-5-17)16-6-8-18(22)9-7-16/h2-9,14,22H,10-13H2,1H3/t14-/m1/s1. The quantitative estimate of drug-likeness (QED) is 0.853. The van der Waals surface area contributed by atoms with E-state index in [9.17, 15) is 14.7 Å². The molecule has 1 atom stereocenters. The first kappa shape index (κ1) is 17.9. The molecule has 1 fully saturated rings. The third-order valence-electron chi connectivity index (χ3n) is 4.28. The number of morpholine rings is 1. The molecule has 0 aliphatic carbocycles. The topological polar surface area (TPSA) is 76.1 Å². The van der Waals surface area contributed by atoms with Gasteiger partial charge in [-0.2, -0.15) is 0 Å². The maximum atomic E-state index is 12.3. The lowest BCUT2D eigenvalue weighted by atomic mass is 10.0. The largest absolute Gasteiger partial charge is 0.508 e. The number of aromatic hydroxyl groups is 1. The molecule has 1 aliphatic rings. The van der Waals surface area contributed by atoms with E-state index < -0.39 is 12.1 Å². The molecule has 1 aliphatic heterocycles. The molecule has 1 amide bonds. The highest BCUT2D eigenvalue weighted by Crippen LogP contribution is 2.22. The number of hydrogen-bond acceptors (Lipinski definition) is 5. The van der Waals surface area contributed by atoms with Crippen LogP contribution in [0, 0.1) is 0 Å². The molecule has 136 valence electrons. The van der Waals surface area contributed by atoms with Crippen LogP contribution in [0.25, 0.3) is 11.1 Å². The van der Waals surface area contributed by atoms with Gasteiger partial charge in [-0.1, -0.05) is 24.3 Å². The van der Waals surface area contributed by atoms with E-state index in [4.69, 9.17) is 9.47 Å². The Kier molecular flexibility index (Phi) is 5.53. The third-order valence-corrected chi connectivity index (χ3v) is 4.28. The van der Waals surface area contributed by atoms with Crippen LogP contribution < -0.4 is 0 Å². The first-order valence-electron chi connectivity index (χ1n) is 8.51. The fraction of sp³-hybridized carbons (Fsp3) is 0.300. The molecule has 0 aromatic heterocycles. The summed E-state index contributed by atoms with van der Waals surface area (Å²) >= 11 is 0. The number of phenolic OH excluding ortho intramolecular Hbond substituents is 1. The Balaban J connectivity index is 1.62. The molecular weight excluding hydrogens is 334 g/mol. The minimum atomic E-state index is -0.836. The van der Waals surface area contributed by atoms with Crippen LogP contribution in [0.3, 0.4) is 0 Å². The van der Waals surface area contributed by atoms with Gasteiger partial charge in [-0.15, -0.1) is 0 Å². The van der Waals surface area contributed by atoms with E-state index in [1.807, 2.05) is 0 Å². The predicted octanol–water partition coefficient (Wildman–Crippen LogP) is 2.46. The maximum absolute atomic E-state index is 12.3. The number of esters is 1. The Morgan fingerprint density at radius 1 is 1.00 bits per heavy atom. The van der Waals surface area contributed by atoms with Gasteiger partial charge >= 0.3 is 5.97 Å². The van der Waals surface area contributed by atoms with E-state index in [0.717, 1.165) is 11.1 Å². The summed E-state index contributed by atoms with van der Waals surface area (Å²) in [5.74, 6) is -0.536. The molecule has 2 aromatic rings. The van der Waals surface area contributed by atoms with Gasteiger partial charge in [0.05, 0.1) is 18.8 Å². The average Bonchev–Trinajstić information content (AvgIpc) is 2.68. The fourth-order valence-corrected chi connectivity index (χ4v) is 2.77. The van der Waals surface area contributed by atoms with E-state index in [2.05, 4.69) is 0 Å². The van der Waals surface area contributed by atoms with E-state index >= 15 is 0 Å². The molecule has 1 N–H and O–H groups in total. The maximum Gasteiger partial charge on any atom is 0.338 e. The van der Waals surface area contributed by atoms with Crippen molar-refractivity contribution in [2.75, 3.05) is 26.3 Å². The van der Waals surface area contributed by atoms with E-state index in [1.165, 1.54) is 0 Å². The summed E-state index contributed by atoms with van der Waals surface area (Å²) in [6, 6.07) is 13.7. The van der Waals surface area contributed by atoms with Crippen molar-refractivity contribution in [3.05, 3.63) is 54.1 Å². The molecule has 0 spiro atoms. The molecule has 1 heterocycles. The second kappa shape index (κ2) is 8.01. The van der Waals surface area contributed by atoms with Crippen LogP contribution in [0.15, 0.2) is 48.5 Å². The minimum Gasteiger partial charge on any atom is -0.508 e. The van der Waals surface area contributed by atoms with Crippen molar-refractivity contribution in [2.24, 2.45) is 0 Å². The van der Waals surface area contributed by atoms with Gasteiger partial charge in [0.1, 0.15) is 5.75 Å². The Bertz CT molecular complexity index is 764. The summed E-state index contributed by atoms with van der Waals surface area (Å²) in [6.45, 7) is 3.63. The van der Waals surface area contributed by atoms with E-state index in [-0.39, 0.29) is 11.7 Å². The second-order valence-electron chi connectivity index (χ2n) is 6.11. The highest BCUT2D eigenvalue weighted by molar-refractivity contribution is 5.92. The molecule has 1 saturated heterocycles. The monoisotopic (exact) mass is 355 g/mol. The van der Waals surface area contributed by atoms with Gasteiger partial charge in [0.15, 0.2) is 6.10 Å². The molecule has 3 rings (SSSR count). The molecule has 6 nitrogen and oxygen atoms in total. The van der Waals surface area contributed by atoms with Gasteiger partial charge in [-0.3, -0.25) is 4.79 Å². The van der Waals surface area contributed by atoms with Crippen LogP contribution in [-0.2, 0) is 14.3 Å². The number of hydrogen-bond donors (Lipinski definition) is 1. The summed E-state index contributed by atoms with van der Waals surface area (Å²) in [6.07, 6.45) is -0.836. The van der Waals surface area contributed by atoms with Crippen LogP contribution in [0.4, 0.5) is 0 Å². The predicted molar refractivity (Wildman–Crippen MR) is 95.8 cm³/mol. The van der Waals surface area contributed by atoms with E-state index in [0.29, 0.717) is 31.9 Å². The van der Waals surface area contributed by atoms with Crippen LogP contribution in [0.2, 0.25) is 0 Å². The summed E-state index contributed by atoms with van der Waals surface area (Å²) in [5.41, 5.74) is 2.23. The van der Waals surface area contributed by atoms with Crippen molar-refractivity contribution >= 4 is 11.9 Å². The highest BCUT2D eigenvalue weighted by atomic mass is 16.5. The lowest BCUT2D eigenvalue weighted by Gasteiger charge is -2.28. The Morgan fingerprint density at radius 2 is 1.54 bits per heavy atom. The normalized spacial score (nSPS) is 15.3. The molecule has 0 bridgehead atoms. The minimum absolute atomic E-state index is 0.202. The number of rotatable bonds is 4. The van der Waals surface area contributed by atoms with Gasteiger partial charge < -0.3 is 19.5 Å². The van der Waals surface area contributed by atoms with Crippen molar-refractivity contribution in [3.63, 3.8) is 0 Å². The zero-order chi connectivity index (χ0) is 18.5. The number of ether oxygens (including phenoxy) is 2. The molecule has 0 saturated carbocycles. The lowest BCUT2D eigenvalue weighted by molar-refractivity contribution is -0.143. The Hall–Kier alpha value is -2.86. The van der Waals surface area contributed by atoms with E-state index in [1.54, 1.807) is 60.4 Å². The van der Waals surface area contributed by atoms with Crippen LogP contribution in [-0.4, -0.2) is 54.3 Å². The zero-order valence-corrected chi connectivity index (χ0v) is 14.6. The summed E-state index contributed by atoms with van der Waals surface area (Å²) < 4.78 is 10.5. The van der Waals surface area contributed by atoms with Crippen molar-refractivity contribution < 1.29 is 24.2 Å². The molecule has 0 radical (unpaired) electrons. The first-order valence-corrected chi connectivity index (χ1v) is 8.51. The van der Waals surface area contributed by atoms with Crippen molar-refractivity contribution in [2.45, 2.75) is 13.0 Å². The van der Waals surface area contributed by atoms with Crippen LogP contribution in [0.1, 0.15) is 17.3 Å². The van der Waals surface area contributed by atoms with Gasteiger partial charge in [0, 0.05) is 13.1 Å². The fourth-order valence-electron chi connectivity index (χ4n) is 2.77. The molecule has 0 unspecified atom stereocenters. The number of carbonyl (C=O) groups is 2. The molecule has 26 heavy (non-hydrogen) atoms. The third kappa shape index (κ3) is 4.21. The van der Waals surface area contributed by atoms with Crippen LogP contribution >= 0.6 is 0 Å². The molecular formula is C20H21NO5. The number of phenols is 1. The van der Waals surface area contributed by atoms with Gasteiger partial charge in [-0.25, -0.2) is 4.79 Å². The lowest BCUT2D eigenvalue weighted by Crippen LogP contribution is -2.46. The van der Waals surface area contributed by atoms with Gasteiger partial charge in [0.25, 0.3) is 5.91 Å². The Labute approximate surface area is 152 Å². The molecule has 2 aromatic carbocycles. The zero-order valence-electron chi connectivity index (χ0n) is 14.6. The van der Waals surface area contributed by atoms with Crippen molar-refractivity contribution in [1.82, 2.24) is 4.90 Å². The van der Waals surface area contributed by atoms with Crippen LogP contribution in [0.5, 0.6) is 5.75 Å². The first-order chi connectivity index (χ1) is 12.5.